The lowest BCUT2D eigenvalue weighted by Gasteiger charge is -2.15. The van der Waals surface area contributed by atoms with Crippen LogP contribution in [0.3, 0.4) is 0 Å². The van der Waals surface area contributed by atoms with Crippen molar-refractivity contribution in [3.8, 4) is 17.6 Å². The van der Waals surface area contributed by atoms with Crippen LogP contribution in [0.4, 0.5) is 4.79 Å². The Morgan fingerprint density at radius 3 is 2.48 bits per heavy atom. The third-order valence-electron chi connectivity index (χ3n) is 3.54. The van der Waals surface area contributed by atoms with Crippen molar-refractivity contribution in [2.75, 3.05) is 6.61 Å². The van der Waals surface area contributed by atoms with E-state index < -0.39 is 11.9 Å². The highest BCUT2D eigenvalue weighted by atomic mass is 79.9. The van der Waals surface area contributed by atoms with Gasteiger partial charge in [-0.15, -0.1) is 0 Å². The van der Waals surface area contributed by atoms with Crippen molar-refractivity contribution >= 4 is 49.9 Å². The molecule has 0 radical (unpaired) electrons. The number of urea groups is 1. The second-order valence-corrected chi connectivity index (χ2v) is 7.44. The molecule has 29 heavy (non-hydrogen) atoms. The summed E-state index contributed by atoms with van der Waals surface area (Å²) >= 11 is 6.83. The van der Waals surface area contributed by atoms with Crippen LogP contribution in [0.25, 0.3) is 6.08 Å². The van der Waals surface area contributed by atoms with Gasteiger partial charge in [0.25, 0.3) is 5.91 Å². The summed E-state index contributed by atoms with van der Waals surface area (Å²) in [7, 11) is 0. The van der Waals surface area contributed by atoms with Gasteiger partial charge in [0.15, 0.2) is 11.5 Å². The molecule has 150 valence electrons. The lowest BCUT2D eigenvalue weighted by atomic mass is 10.1. The Bertz CT molecular complexity index is 982. The number of nitriles is 1. The van der Waals surface area contributed by atoms with Gasteiger partial charge in [0.2, 0.25) is 0 Å². The summed E-state index contributed by atoms with van der Waals surface area (Å²) in [6.45, 7) is 2.54. The molecule has 0 saturated carbocycles. The average Bonchev–Trinajstić information content (AvgIpc) is 2.66. The number of amides is 3. The Kier molecular flexibility index (Phi) is 8.24. The van der Waals surface area contributed by atoms with Gasteiger partial charge in [-0.05, 0) is 64.3 Å². The van der Waals surface area contributed by atoms with E-state index in [2.05, 4.69) is 31.9 Å². The Labute approximate surface area is 184 Å². The van der Waals surface area contributed by atoms with Gasteiger partial charge in [0, 0.05) is 4.47 Å². The predicted octanol–water partition coefficient (Wildman–Crippen LogP) is 4.29. The number of ether oxygens (including phenoxy) is 2. The number of primary amides is 1. The van der Waals surface area contributed by atoms with E-state index in [-0.39, 0.29) is 5.57 Å². The van der Waals surface area contributed by atoms with Gasteiger partial charge >= 0.3 is 6.03 Å². The van der Waals surface area contributed by atoms with Crippen LogP contribution >= 0.6 is 31.9 Å². The molecule has 0 unspecified atom stereocenters. The number of nitrogens with zero attached hydrogens (tertiary/aromatic N) is 1. The van der Waals surface area contributed by atoms with E-state index in [4.69, 9.17) is 15.2 Å². The lowest BCUT2D eigenvalue weighted by Crippen LogP contribution is -2.35. The van der Waals surface area contributed by atoms with Gasteiger partial charge in [-0.25, -0.2) is 4.79 Å². The normalized spacial score (nSPS) is 10.8. The van der Waals surface area contributed by atoms with Gasteiger partial charge < -0.3 is 15.2 Å². The minimum atomic E-state index is -1.04. The molecule has 0 aromatic heterocycles. The fraction of sp³-hybridized carbons (Fsp3) is 0.150. The molecular weight excluding hydrogens is 506 g/mol. The van der Waals surface area contributed by atoms with Crippen molar-refractivity contribution in [1.82, 2.24) is 5.32 Å². The maximum absolute atomic E-state index is 11.9. The van der Waals surface area contributed by atoms with Crippen LogP contribution in [-0.2, 0) is 11.4 Å². The molecule has 0 aliphatic carbocycles. The Balaban J connectivity index is 2.32. The van der Waals surface area contributed by atoms with Crippen LogP contribution in [0.2, 0.25) is 0 Å². The number of carbonyl (C=O) groups excluding carboxylic acids is 2. The van der Waals surface area contributed by atoms with Crippen LogP contribution in [0.1, 0.15) is 18.1 Å². The number of benzene rings is 2. The Hall–Kier alpha value is -2.83. The quantitative estimate of drug-likeness (QED) is 0.415. The molecule has 9 heteroatoms. The minimum absolute atomic E-state index is 0.276. The molecule has 0 heterocycles. The monoisotopic (exact) mass is 521 g/mol. The minimum Gasteiger partial charge on any atom is -0.490 e. The largest absolute Gasteiger partial charge is 0.490 e. The van der Waals surface area contributed by atoms with E-state index in [1.165, 1.54) is 6.08 Å². The molecule has 0 bridgehead atoms. The molecule has 2 aromatic carbocycles. The van der Waals surface area contributed by atoms with Crippen molar-refractivity contribution in [2.24, 2.45) is 5.73 Å². The molecule has 0 fully saturated rings. The predicted molar refractivity (Wildman–Crippen MR) is 115 cm³/mol. The number of halogens is 2. The number of hydrogen-bond donors (Lipinski definition) is 2. The van der Waals surface area contributed by atoms with Gasteiger partial charge in [0.1, 0.15) is 18.2 Å². The first kappa shape index (κ1) is 22.5. The van der Waals surface area contributed by atoms with Gasteiger partial charge in [-0.1, -0.05) is 28.1 Å². The molecule has 3 N–H and O–H groups in total. The maximum atomic E-state index is 11.9. The van der Waals surface area contributed by atoms with E-state index in [0.29, 0.717) is 34.7 Å². The second kappa shape index (κ2) is 10.6. The summed E-state index contributed by atoms with van der Waals surface area (Å²) in [5.74, 6) is 0.0505. The molecule has 0 aliphatic heterocycles. The first-order chi connectivity index (χ1) is 13.8. The summed E-state index contributed by atoms with van der Waals surface area (Å²) in [5, 5.41) is 11.1. The van der Waals surface area contributed by atoms with Crippen molar-refractivity contribution in [3.05, 3.63) is 62.0 Å². The molecule has 0 atom stereocenters. The van der Waals surface area contributed by atoms with E-state index >= 15 is 0 Å². The third-order valence-corrected chi connectivity index (χ3v) is 4.66. The van der Waals surface area contributed by atoms with Crippen LogP contribution < -0.4 is 20.5 Å². The van der Waals surface area contributed by atoms with E-state index in [9.17, 15) is 14.9 Å². The lowest BCUT2D eigenvalue weighted by molar-refractivity contribution is -0.115. The number of hydrogen-bond acceptors (Lipinski definition) is 5. The number of carbonyl (C=O) groups is 2. The van der Waals surface area contributed by atoms with Crippen LogP contribution in [0.5, 0.6) is 11.5 Å². The molecular formula is C20H17Br2N3O4. The Morgan fingerprint density at radius 2 is 1.90 bits per heavy atom. The first-order valence-electron chi connectivity index (χ1n) is 8.40. The zero-order valence-corrected chi connectivity index (χ0v) is 18.5. The average molecular weight is 523 g/mol. The summed E-state index contributed by atoms with van der Waals surface area (Å²) < 4.78 is 13.1. The topological polar surface area (TPSA) is 114 Å². The summed E-state index contributed by atoms with van der Waals surface area (Å²) in [6.07, 6.45) is 1.32. The molecule has 2 aromatic rings. The second-order valence-electron chi connectivity index (χ2n) is 5.67. The van der Waals surface area contributed by atoms with Crippen LogP contribution in [0, 0.1) is 11.3 Å². The zero-order chi connectivity index (χ0) is 21.4. The number of nitrogens with two attached hydrogens (primary N) is 1. The number of imide groups is 1. The van der Waals surface area contributed by atoms with Crippen molar-refractivity contribution in [2.45, 2.75) is 13.5 Å². The molecule has 0 saturated heterocycles. The number of nitrogens with one attached hydrogen (secondary N) is 1. The first-order valence-corrected chi connectivity index (χ1v) is 9.98. The number of rotatable bonds is 7. The van der Waals surface area contributed by atoms with Crippen molar-refractivity contribution < 1.29 is 19.1 Å². The third kappa shape index (κ3) is 6.62. The molecule has 7 nitrogen and oxygen atoms in total. The highest BCUT2D eigenvalue weighted by Gasteiger charge is 2.15. The highest BCUT2D eigenvalue weighted by molar-refractivity contribution is 9.10. The van der Waals surface area contributed by atoms with Crippen molar-refractivity contribution in [1.29, 1.82) is 5.26 Å². The van der Waals surface area contributed by atoms with E-state index in [1.807, 2.05) is 36.5 Å². The standard InChI is InChI=1S/C20H17Br2N3O4/c1-2-28-17-9-13(7-14(10-23)19(26)25-20(24)27)8-16(22)18(17)29-11-12-3-5-15(21)6-4-12/h3-9H,2,11H2,1H3,(H3,24,25,26,27)/b14-7-. The fourth-order valence-electron chi connectivity index (χ4n) is 2.30. The summed E-state index contributed by atoms with van der Waals surface area (Å²) in [6, 6.07) is 11.7. The molecule has 3 amide bonds. The van der Waals surface area contributed by atoms with Crippen LogP contribution in [0.15, 0.2) is 50.9 Å². The van der Waals surface area contributed by atoms with Crippen LogP contribution in [-0.4, -0.2) is 18.5 Å². The smallest absolute Gasteiger partial charge is 0.319 e. The SMILES string of the molecule is CCOc1cc(/C=C(/C#N)C(=O)NC(N)=O)cc(Br)c1OCc1ccc(Br)cc1. The van der Waals surface area contributed by atoms with Gasteiger partial charge in [-0.2, -0.15) is 5.26 Å². The fourth-order valence-corrected chi connectivity index (χ4v) is 3.14. The highest BCUT2D eigenvalue weighted by Crippen LogP contribution is 2.38. The summed E-state index contributed by atoms with van der Waals surface area (Å²) in [4.78, 5) is 22.7. The summed E-state index contributed by atoms with van der Waals surface area (Å²) in [5.41, 5.74) is 6.13. The van der Waals surface area contributed by atoms with Crippen molar-refractivity contribution in [3.63, 3.8) is 0 Å². The molecule has 0 aliphatic rings. The molecule has 0 spiro atoms. The molecule has 2 rings (SSSR count). The Morgan fingerprint density at radius 1 is 1.21 bits per heavy atom. The van der Waals surface area contributed by atoms with Gasteiger partial charge in [0.05, 0.1) is 11.1 Å². The van der Waals surface area contributed by atoms with E-state index in [1.54, 1.807) is 18.2 Å². The zero-order valence-electron chi connectivity index (χ0n) is 15.4. The van der Waals surface area contributed by atoms with Gasteiger partial charge in [-0.3, -0.25) is 10.1 Å². The van der Waals surface area contributed by atoms with E-state index in [0.717, 1.165) is 10.0 Å². The maximum Gasteiger partial charge on any atom is 0.319 e.